The number of carbonyl (C=O) groups excluding carboxylic acids is 1. The van der Waals surface area contributed by atoms with Gasteiger partial charge in [0, 0.05) is 0 Å². The average molecular weight is 246 g/mol. The second-order valence-corrected chi connectivity index (χ2v) is 4.71. The van der Waals surface area contributed by atoms with E-state index < -0.39 is 6.10 Å². The number of hydrogen-bond donors (Lipinski definition) is 1. The SMILES string of the molecule is COC(=O)C1CCC(O)C=C1c1ccc(C)cc1. The van der Waals surface area contributed by atoms with Gasteiger partial charge < -0.3 is 9.84 Å². The third-order valence-electron chi connectivity index (χ3n) is 3.37. The number of ether oxygens (including phenoxy) is 1. The van der Waals surface area contributed by atoms with Crippen LogP contribution in [0.2, 0.25) is 0 Å². The Bertz CT molecular complexity index is 459. The van der Waals surface area contributed by atoms with Crippen LogP contribution in [0.3, 0.4) is 0 Å². The van der Waals surface area contributed by atoms with E-state index in [2.05, 4.69) is 0 Å². The summed E-state index contributed by atoms with van der Waals surface area (Å²) in [5.41, 5.74) is 3.03. The third kappa shape index (κ3) is 2.62. The summed E-state index contributed by atoms with van der Waals surface area (Å²) in [6.07, 6.45) is 2.54. The van der Waals surface area contributed by atoms with Crippen LogP contribution < -0.4 is 0 Å². The Morgan fingerprint density at radius 3 is 2.56 bits per heavy atom. The Balaban J connectivity index is 2.36. The highest BCUT2D eigenvalue weighted by Gasteiger charge is 2.29. The molecular weight excluding hydrogens is 228 g/mol. The first-order chi connectivity index (χ1) is 8.61. The van der Waals surface area contributed by atoms with Gasteiger partial charge in [-0.25, -0.2) is 0 Å². The summed E-state index contributed by atoms with van der Waals surface area (Å²) in [4.78, 5) is 11.8. The molecule has 0 bridgehead atoms. The molecule has 0 aromatic heterocycles. The predicted molar refractivity (Wildman–Crippen MR) is 69.9 cm³/mol. The van der Waals surface area contributed by atoms with E-state index in [4.69, 9.17) is 4.74 Å². The summed E-state index contributed by atoms with van der Waals surface area (Å²) in [7, 11) is 1.40. The fraction of sp³-hybridized carbons (Fsp3) is 0.400. The quantitative estimate of drug-likeness (QED) is 0.815. The first kappa shape index (κ1) is 12.8. The highest BCUT2D eigenvalue weighted by Crippen LogP contribution is 2.33. The van der Waals surface area contributed by atoms with Crippen LogP contribution >= 0.6 is 0 Å². The minimum absolute atomic E-state index is 0.228. The third-order valence-corrected chi connectivity index (χ3v) is 3.37. The van der Waals surface area contributed by atoms with Crippen molar-refractivity contribution in [2.24, 2.45) is 5.92 Å². The molecule has 18 heavy (non-hydrogen) atoms. The van der Waals surface area contributed by atoms with Crippen molar-refractivity contribution in [2.45, 2.75) is 25.9 Å². The standard InChI is InChI=1S/C15H18O3/c1-10-3-5-11(6-4-10)14-9-12(16)7-8-13(14)15(17)18-2/h3-6,9,12-13,16H,7-8H2,1-2H3. The lowest BCUT2D eigenvalue weighted by Crippen LogP contribution is -2.24. The molecule has 0 spiro atoms. The lowest BCUT2D eigenvalue weighted by molar-refractivity contribution is -0.143. The van der Waals surface area contributed by atoms with Crippen molar-refractivity contribution in [1.82, 2.24) is 0 Å². The van der Waals surface area contributed by atoms with Crippen molar-refractivity contribution in [3.8, 4) is 0 Å². The minimum atomic E-state index is -0.470. The van der Waals surface area contributed by atoms with E-state index in [9.17, 15) is 9.90 Å². The largest absolute Gasteiger partial charge is 0.469 e. The molecule has 2 rings (SSSR count). The number of aliphatic hydroxyl groups excluding tert-OH is 1. The number of methoxy groups -OCH3 is 1. The van der Waals surface area contributed by atoms with Crippen molar-refractivity contribution in [3.05, 3.63) is 41.5 Å². The van der Waals surface area contributed by atoms with E-state index in [1.165, 1.54) is 12.7 Å². The van der Waals surface area contributed by atoms with Crippen LogP contribution in [0.1, 0.15) is 24.0 Å². The van der Waals surface area contributed by atoms with Crippen LogP contribution in [0.4, 0.5) is 0 Å². The van der Waals surface area contributed by atoms with Gasteiger partial charge >= 0.3 is 5.97 Å². The second-order valence-electron chi connectivity index (χ2n) is 4.71. The van der Waals surface area contributed by atoms with Gasteiger partial charge in [-0.1, -0.05) is 35.9 Å². The highest BCUT2D eigenvalue weighted by molar-refractivity contribution is 5.89. The van der Waals surface area contributed by atoms with Gasteiger partial charge in [-0.2, -0.15) is 0 Å². The molecule has 0 radical (unpaired) electrons. The fourth-order valence-electron chi connectivity index (χ4n) is 2.33. The van der Waals surface area contributed by atoms with Crippen molar-refractivity contribution in [2.75, 3.05) is 7.11 Å². The molecule has 0 amide bonds. The van der Waals surface area contributed by atoms with Gasteiger partial charge in [0.25, 0.3) is 0 Å². The molecule has 1 aliphatic carbocycles. The number of aryl methyl sites for hydroxylation is 1. The van der Waals surface area contributed by atoms with Crippen LogP contribution in [0.5, 0.6) is 0 Å². The Morgan fingerprint density at radius 1 is 1.28 bits per heavy atom. The van der Waals surface area contributed by atoms with Crippen LogP contribution in [-0.2, 0) is 9.53 Å². The van der Waals surface area contributed by atoms with Gasteiger partial charge in [0.05, 0.1) is 19.1 Å². The topological polar surface area (TPSA) is 46.5 Å². The number of carbonyl (C=O) groups is 1. The Kier molecular flexibility index (Phi) is 3.82. The number of aliphatic hydroxyl groups is 1. The summed E-state index contributed by atoms with van der Waals surface area (Å²) >= 11 is 0. The van der Waals surface area contributed by atoms with Gasteiger partial charge in [0.2, 0.25) is 0 Å². The predicted octanol–water partition coefficient (Wildman–Crippen LogP) is 2.32. The van der Waals surface area contributed by atoms with Crippen molar-refractivity contribution in [1.29, 1.82) is 0 Å². The van der Waals surface area contributed by atoms with E-state index in [0.29, 0.717) is 12.8 Å². The van der Waals surface area contributed by atoms with Gasteiger partial charge in [-0.3, -0.25) is 4.79 Å². The fourth-order valence-corrected chi connectivity index (χ4v) is 2.33. The molecule has 96 valence electrons. The summed E-state index contributed by atoms with van der Waals surface area (Å²) in [6, 6.07) is 7.97. The molecule has 1 aromatic carbocycles. The lowest BCUT2D eigenvalue weighted by Gasteiger charge is -2.25. The number of benzene rings is 1. The van der Waals surface area contributed by atoms with Crippen LogP contribution in [-0.4, -0.2) is 24.3 Å². The number of hydrogen-bond acceptors (Lipinski definition) is 3. The molecular formula is C15H18O3. The molecule has 0 saturated heterocycles. The van der Waals surface area contributed by atoms with Crippen molar-refractivity contribution < 1.29 is 14.6 Å². The molecule has 0 heterocycles. The normalized spacial score (nSPS) is 23.4. The van der Waals surface area contributed by atoms with Gasteiger partial charge in [-0.05, 0) is 30.9 Å². The van der Waals surface area contributed by atoms with Crippen molar-refractivity contribution >= 4 is 11.5 Å². The molecule has 2 atom stereocenters. The average Bonchev–Trinajstić information content (AvgIpc) is 2.38. The minimum Gasteiger partial charge on any atom is -0.469 e. The molecule has 3 nitrogen and oxygen atoms in total. The molecule has 2 unspecified atom stereocenters. The van der Waals surface area contributed by atoms with E-state index in [1.807, 2.05) is 31.2 Å². The highest BCUT2D eigenvalue weighted by atomic mass is 16.5. The summed E-state index contributed by atoms with van der Waals surface area (Å²) in [5, 5.41) is 9.74. The maximum Gasteiger partial charge on any atom is 0.313 e. The van der Waals surface area contributed by atoms with Gasteiger partial charge in [-0.15, -0.1) is 0 Å². The summed E-state index contributed by atoms with van der Waals surface area (Å²) in [5.74, 6) is -0.491. The Morgan fingerprint density at radius 2 is 1.94 bits per heavy atom. The van der Waals surface area contributed by atoms with Gasteiger partial charge in [0.1, 0.15) is 0 Å². The van der Waals surface area contributed by atoms with Crippen molar-refractivity contribution in [3.63, 3.8) is 0 Å². The van der Waals surface area contributed by atoms with E-state index in [1.54, 1.807) is 6.08 Å². The number of esters is 1. The zero-order chi connectivity index (χ0) is 13.1. The first-order valence-corrected chi connectivity index (χ1v) is 6.16. The van der Waals surface area contributed by atoms with Crippen LogP contribution in [0, 0.1) is 12.8 Å². The Hall–Kier alpha value is -1.61. The zero-order valence-electron chi connectivity index (χ0n) is 10.7. The molecule has 1 aromatic rings. The maximum atomic E-state index is 11.8. The molecule has 1 aliphatic rings. The van der Waals surface area contributed by atoms with E-state index in [-0.39, 0.29) is 11.9 Å². The monoisotopic (exact) mass is 246 g/mol. The second kappa shape index (κ2) is 5.36. The molecule has 0 aliphatic heterocycles. The molecule has 0 saturated carbocycles. The zero-order valence-corrected chi connectivity index (χ0v) is 10.7. The molecule has 3 heteroatoms. The lowest BCUT2D eigenvalue weighted by atomic mass is 9.82. The van der Waals surface area contributed by atoms with Crippen LogP contribution in [0.25, 0.3) is 5.57 Å². The Labute approximate surface area is 107 Å². The first-order valence-electron chi connectivity index (χ1n) is 6.16. The van der Waals surface area contributed by atoms with Crippen LogP contribution in [0.15, 0.2) is 30.3 Å². The van der Waals surface area contributed by atoms with E-state index >= 15 is 0 Å². The molecule has 1 N–H and O–H groups in total. The van der Waals surface area contributed by atoms with E-state index in [0.717, 1.165) is 11.1 Å². The van der Waals surface area contributed by atoms with Gasteiger partial charge in [0.15, 0.2) is 0 Å². The number of rotatable bonds is 2. The smallest absolute Gasteiger partial charge is 0.313 e. The molecule has 0 fully saturated rings. The summed E-state index contributed by atoms with van der Waals surface area (Å²) < 4.78 is 4.84. The maximum absolute atomic E-state index is 11.8. The summed E-state index contributed by atoms with van der Waals surface area (Å²) in [6.45, 7) is 2.02.